The van der Waals surface area contributed by atoms with Gasteiger partial charge in [-0.05, 0) is 32.1 Å². The highest BCUT2D eigenvalue weighted by molar-refractivity contribution is 4.89. The molecule has 0 aliphatic carbocycles. The maximum atomic E-state index is 9.86. The Hall–Kier alpha value is -0.460. The monoisotopic (exact) mass is 372 g/mol. The lowest BCUT2D eigenvalue weighted by molar-refractivity contribution is -0.0938. The third-order valence-corrected chi connectivity index (χ3v) is 4.95. The van der Waals surface area contributed by atoms with Crippen LogP contribution >= 0.6 is 0 Å². The zero-order valence-corrected chi connectivity index (χ0v) is 16.5. The van der Waals surface area contributed by atoms with Crippen molar-refractivity contribution in [1.82, 2.24) is 0 Å². The van der Waals surface area contributed by atoms with Crippen LogP contribution in [0.4, 0.5) is 0 Å². The van der Waals surface area contributed by atoms with Crippen LogP contribution < -0.4 is 0 Å². The maximum Gasteiger partial charge on any atom is 0.114 e. The van der Waals surface area contributed by atoms with Gasteiger partial charge in [-0.2, -0.15) is 0 Å². The average molecular weight is 373 g/mol. The number of ether oxygens (including phenoxy) is 2. The summed E-state index contributed by atoms with van der Waals surface area (Å²) >= 11 is 0. The van der Waals surface area contributed by atoms with Crippen molar-refractivity contribution < 1.29 is 24.8 Å². The third-order valence-electron chi connectivity index (χ3n) is 4.95. The van der Waals surface area contributed by atoms with Crippen molar-refractivity contribution in [2.75, 3.05) is 19.8 Å². The van der Waals surface area contributed by atoms with Gasteiger partial charge in [0.05, 0.1) is 13.2 Å². The fourth-order valence-electron chi connectivity index (χ4n) is 3.30. The SMILES string of the molecule is CCCCC/C=C/CCCCCCCCO[C@H]1[C@@H]([C@@H](O)CO)OC[C@H]1O. The van der Waals surface area contributed by atoms with Crippen LogP contribution in [0.25, 0.3) is 0 Å². The van der Waals surface area contributed by atoms with Crippen LogP contribution in [0, 0.1) is 0 Å². The molecule has 0 saturated carbocycles. The van der Waals surface area contributed by atoms with E-state index in [4.69, 9.17) is 14.6 Å². The highest BCUT2D eigenvalue weighted by atomic mass is 16.6. The molecular weight excluding hydrogens is 332 g/mol. The van der Waals surface area contributed by atoms with E-state index in [2.05, 4.69) is 19.1 Å². The van der Waals surface area contributed by atoms with E-state index in [1.54, 1.807) is 0 Å². The van der Waals surface area contributed by atoms with Gasteiger partial charge in [0.25, 0.3) is 0 Å². The van der Waals surface area contributed by atoms with Crippen molar-refractivity contribution in [3.63, 3.8) is 0 Å². The summed E-state index contributed by atoms with van der Waals surface area (Å²) in [5, 5.41) is 28.6. The zero-order valence-electron chi connectivity index (χ0n) is 16.5. The van der Waals surface area contributed by atoms with Crippen LogP contribution in [-0.4, -0.2) is 59.6 Å². The highest BCUT2D eigenvalue weighted by Crippen LogP contribution is 2.21. The Kier molecular flexibility index (Phi) is 14.1. The van der Waals surface area contributed by atoms with Crippen molar-refractivity contribution in [3.8, 4) is 0 Å². The van der Waals surface area contributed by atoms with E-state index in [0.717, 1.165) is 12.8 Å². The zero-order chi connectivity index (χ0) is 19.0. The molecule has 0 spiro atoms. The van der Waals surface area contributed by atoms with Gasteiger partial charge in [-0.3, -0.25) is 0 Å². The standard InChI is InChI=1S/C21H40O5/c1-2-3-4-5-6-7-8-9-10-11-12-13-14-15-25-21-19(24)17-26-20(21)18(23)16-22/h6-7,18-24H,2-5,8-17H2,1H3/b7-6+/t18-,19+,20+,21+/m0/s1. The second kappa shape index (κ2) is 15.6. The van der Waals surface area contributed by atoms with Gasteiger partial charge in [0.1, 0.15) is 24.4 Å². The Balaban J connectivity index is 1.93. The number of aliphatic hydroxyl groups is 3. The molecule has 4 atom stereocenters. The molecule has 0 radical (unpaired) electrons. The van der Waals surface area contributed by atoms with Crippen molar-refractivity contribution in [2.45, 2.75) is 102 Å². The van der Waals surface area contributed by atoms with Gasteiger partial charge in [0, 0.05) is 6.61 Å². The first-order chi connectivity index (χ1) is 12.7. The molecule has 0 aromatic rings. The Labute approximate surface area is 159 Å². The largest absolute Gasteiger partial charge is 0.394 e. The smallest absolute Gasteiger partial charge is 0.114 e. The van der Waals surface area contributed by atoms with E-state index in [1.807, 2.05) is 0 Å². The molecule has 5 heteroatoms. The summed E-state index contributed by atoms with van der Waals surface area (Å²) in [6, 6.07) is 0. The molecule has 1 heterocycles. The minimum absolute atomic E-state index is 0.152. The van der Waals surface area contributed by atoms with Crippen LogP contribution in [-0.2, 0) is 9.47 Å². The number of hydrogen-bond acceptors (Lipinski definition) is 5. The summed E-state index contributed by atoms with van der Waals surface area (Å²) in [7, 11) is 0. The van der Waals surface area contributed by atoms with Crippen LogP contribution in [0.15, 0.2) is 12.2 Å². The molecular formula is C21H40O5. The molecule has 0 aromatic carbocycles. The number of unbranched alkanes of at least 4 members (excludes halogenated alkanes) is 9. The molecule has 1 aliphatic heterocycles. The Morgan fingerprint density at radius 1 is 1.00 bits per heavy atom. The molecule has 1 rings (SSSR count). The fraction of sp³-hybridized carbons (Fsp3) is 0.905. The summed E-state index contributed by atoms with van der Waals surface area (Å²) < 4.78 is 11.0. The number of allylic oxidation sites excluding steroid dienone is 2. The van der Waals surface area contributed by atoms with Crippen LogP contribution in [0.5, 0.6) is 0 Å². The summed E-state index contributed by atoms with van der Waals surface area (Å²) in [5.74, 6) is 0. The van der Waals surface area contributed by atoms with E-state index >= 15 is 0 Å². The van der Waals surface area contributed by atoms with Gasteiger partial charge in [0.2, 0.25) is 0 Å². The second-order valence-electron chi connectivity index (χ2n) is 7.33. The summed E-state index contributed by atoms with van der Waals surface area (Å²) in [6.07, 6.45) is 15.2. The summed E-state index contributed by atoms with van der Waals surface area (Å²) in [5.41, 5.74) is 0. The molecule has 1 aliphatic rings. The predicted octanol–water partition coefficient (Wildman–Crippen LogP) is 3.35. The lowest BCUT2D eigenvalue weighted by Crippen LogP contribution is -2.42. The summed E-state index contributed by atoms with van der Waals surface area (Å²) in [6.45, 7) is 2.56. The topological polar surface area (TPSA) is 79.2 Å². The lowest BCUT2D eigenvalue weighted by Gasteiger charge is -2.23. The molecule has 1 saturated heterocycles. The molecule has 26 heavy (non-hydrogen) atoms. The quantitative estimate of drug-likeness (QED) is 0.286. The van der Waals surface area contributed by atoms with Crippen molar-refractivity contribution in [2.24, 2.45) is 0 Å². The Morgan fingerprint density at radius 2 is 1.62 bits per heavy atom. The molecule has 154 valence electrons. The van der Waals surface area contributed by atoms with E-state index in [-0.39, 0.29) is 13.2 Å². The van der Waals surface area contributed by atoms with Crippen LogP contribution in [0.3, 0.4) is 0 Å². The van der Waals surface area contributed by atoms with E-state index in [0.29, 0.717) is 6.61 Å². The minimum Gasteiger partial charge on any atom is -0.394 e. The number of rotatable bonds is 16. The Morgan fingerprint density at radius 3 is 2.27 bits per heavy atom. The average Bonchev–Trinajstić information content (AvgIpc) is 3.02. The third kappa shape index (κ3) is 10.0. The van der Waals surface area contributed by atoms with E-state index < -0.39 is 24.4 Å². The maximum absolute atomic E-state index is 9.86. The molecule has 0 amide bonds. The summed E-state index contributed by atoms with van der Waals surface area (Å²) in [4.78, 5) is 0. The van der Waals surface area contributed by atoms with Crippen LogP contribution in [0.1, 0.15) is 77.6 Å². The molecule has 0 bridgehead atoms. The van der Waals surface area contributed by atoms with Crippen LogP contribution in [0.2, 0.25) is 0 Å². The van der Waals surface area contributed by atoms with Crippen molar-refractivity contribution >= 4 is 0 Å². The normalized spacial score (nSPS) is 24.5. The van der Waals surface area contributed by atoms with Gasteiger partial charge in [-0.15, -0.1) is 0 Å². The number of hydrogen-bond donors (Lipinski definition) is 3. The van der Waals surface area contributed by atoms with Gasteiger partial charge >= 0.3 is 0 Å². The second-order valence-corrected chi connectivity index (χ2v) is 7.33. The molecule has 3 N–H and O–H groups in total. The van der Waals surface area contributed by atoms with Gasteiger partial charge in [-0.25, -0.2) is 0 Å². The van der Waals surface area contributed by atoms with E-state index in [1.165, 1.54) is 57.8 Å². The van der Waals surface area contributed by atoms with E-state index in [9.17, 15) is 10.2 Å². The first-order valence-electron chi connectivity index (χ1n) is 10.6. The van der Waals surface area contributed by atoms with Gasteiger partial charge in [-0.1, -0.05) is 57.6 Å². The first-order valence-corrected chi connectivity index (χ1v) is 10.6. The number of aliphatic hydroxyl groups excluding tert-OH is 3. The molecule has 5 nitrogen and oxygen atoms in total. The first kappa shape index (κ1) is 23.6. The fourth-order valence-corrected chi connectivity index (χ4v) is 3.30. The lowest BCUT2D eigenvalue weighted by atomic mass is 10.1. The van der Waals surface area contributed by atoms with Gasteiger partial charge in [0.15, 0.2) is 0 Å². The van der Waals surface area contributed by atoms with Crippen molar-refractivity contribution in [1.29, 1.82) is 0 Å². The van der Waals surface area contributed by atoms with Crippen molar-refractivity contribution in [3.05, 3.63) is 12.2 Å². The minimum atomic E-state index is -1.00. The predicted molar refractivity (Wildman–Crippen MR) is 104 cm³/mol. The Bertz CT molecular complexity index is 347. The highest BCUT2D eigenvalue weighted by Gasteiger charge is 2.40. The molecule has 0 unspecified atom stereocenters. The van der Waals surface area contributed by atoms with Gasteiger partial charge < -0.3 is 24.8 Å². The molecule has 0 aromatic heterocycles. The molecule has 1 fully saturated rings.